The zero-order chi connectivity index (χ0) is 16.8. The van der Waals surface area contributed by atoms with Gasteiger partial charge < -0.3 is 0 Å². The molecule has 1 saturated heterocycles. The highest BCUT2D eigenvalue weighted by Gasteiger charge is 2.58. The third-order valence-corrected chi connectivity index (χ3v) is 7.83. The molecule has 4 rings (SSSR count). The number of nitrogens with zero attached hydrogens (tertiary/aromatic N) is 1. The van der Waals surface area contributed by atoms with Gasteiger partial charge in [0.2, 0.25) is 0 Å². The van der Waals surface area contributed by atoms with Gasteiger partial charge in [-0.15, -0.1) is 4.83 Å². The maximum absolute atomic E-state index is 12.7. The molecular weight excluding hydrogens is 320 g/mol. The quantitative estimate of drug-likeness (QED) is 0.854. The lowest BCUT2D eigenvalue weighted by Crippen LogP contribution is -2.44. The summed E-state index contributed by atoms with van der Waals surface area (Å²) in [5, 5.41) is 1.98. The van der Waals surface area contributed by atoms with E-state index in [0.29, 0.717) is 4.90 Å². The van der Waals surface area contributed by atoms with E-state index in [9.17, 15) is 8.42 Å². The SMILES string of the molecule is Cc1ccc(S(=O)(=O)NN2C[C@]34CC=CC[C@@]3(CCCC4)C2)cc1. The van der Waals surface area contributed by atoms with Crippen molar-refractivity contribution >= 4 is 10.0 Å². The Morgan fingerprint density at radius 2 is 1.50 bits per heavy atom. The van der Waals surface area contributed by atoms with Gasteiger partial charge in [0.1, 0.15) is 0 Å². The molecule has 5 heteroatoms. The average molecular weight is 346 g/mol. The van der Waals surface area contributed by atoms with Crippen molar-refractivity contribution in [1.82, 2.24) is 9.84 Å². The van der Waals surface area contributed by atoms with Crippen molar-refractivity contribution in [3.05, 3.63) is 42.0 Å². The molecule has 3 aliphatic rings. The molecular formula is C19H26N2O2S. The van der Waals surface area contributed by atoms with E-state index in [0.717, 1.165) is 31.5 Å². The molecule has 0 amide bonds. The van der Waals surface area contributed by atoms with Crippen LogP contribution in [0.2, 0.25) is 0 Å². The fourth-order valence-electron chi connectivity index (χ4n) is 5.13. The van der Waals surface area contributed by atoms with Crippen molar-refractivity contribution in [1.29, 1.82) is 0 Å². The van der Waals surface area contributed by atoms with Gasteiger partial charge in [-0.1, -0.05) is 42.7 Å². The first-order valence-electron chi connectivity index (χ1n) is 8.94. The molecule has 0 bridgehead atoms. The van der Waals surface area contributed by atoms with Crippen LogP contribution in [0.4, 0.5) is 0 Å². The van der Waals surface area contributed by atoms with Gasteiger partial charge in [0.05, 0.1) is 4.90 Å². The highest BCUT2D eigenvalue weighted by atomic mass is 32.2. The number of aryl methyl sites for hydroxylation is 1. The minimum absolute atomic E-state index is 0.260. The smallest absolute Gasteiger partial charge is 0.229 e. The summed E-state index contributed by atoms with van der Waals surface area (Å²) >= 11 is 0. The van der Waals surface area contributed by atoms with E-state index in [2.05, 4.69) is 17.0 Å². The summed E-state index contributed by atoms with van der Waals surface area (Å²) in [6.07, 6.45) is 11.8. The molecule has 4 nitrogen and oxygen atoms in total. The Balaban J connectivity index is 1.57. The van der Waals surface area contributed by atoms with Gasteiger partial charge >= 0.3 is 0 Å². The van der Waals surface area contributed by atoms with Crippen LogP contribution in [-0.4, -0.2) is 26.5 Å². The van der Waals surface area contributed by atoms with Crippen LogP contribution in [0, 0.1) is 17.8 Å². The molecule has 1 aliphatic heterocycles. The van der Waals surface area contributed by atoms with Crippen molar-refractivity contribution in [2.75, 3.05) is 13.1 Å². The van der Waals surface area contributed by atoms with Crippen LogP contribution in [0.1, 0.15) is 44.1 Å². The standard InChI is InChI=1S/C19H26N2O2S/c1-16-6-8-17(9-7-16)24(22,23)20-21-14-18-10-2-3-11-19(18,15-21)13-5-4-12-18/h2-3,6-9,20H,4-5,10-15H2,1H3/t18-,19-/m1/s1. The lowest BCUT2D eigenvalue weighted by molar-refractivity contribution is 0.0342. The van der Waals surface area contributed by atoms with Crippen LogP contribution in [0.3, 0.4) is 0 Å². The highest BCUT2D eigenvalue weighted by Crippen LogP contribution is 2.61. The summed E-state index contributed by atoms with van der Waals surface area (Å²) in [6, 6.07) is 7.07. The minimum atomic E-state index is -3.50. The minimum Gasteiger partial charge on any atom is -0.229 e. The lowest BCUT2D eigenvalue weighted by atomic mass is 9.53. The number of rotatable bonds is 3. The molecule has 2 atom stereocenters. The number of hydrazine groups is 1. The van der Waals surface area contributed by atoms with Gasteiger partial charge in [-0.25, -0.2) is 13.4 Å². The molecule has 2 aliphatic carbocycles. The van der Waals surface area contributed by atoms with E-state index < -0.39 is 10.0 Å². The number of benzene rings is 1. The number of hydrogen-bond acceptors (Lipinski definition) is 3. The Kier molecular flexibility index (Phi) is 3.86. The van der Waals surface area contributed by atoms with Crippen molar-refractivity contribution in [2.45, 2.75) is 50.3 Å². The van der Waals surface area contributed by atoms with Crippen molar-refractivity contribution < 1.29 is 8.42 Å². The molecule has 1 heterocycles. The molecule has 0 unspecified atom stereocenters. The lowest BCUT2D eigenvalue weighted by Gasteiger charge is -2.50. The monoisotopic (exact) mass is 346 g/mol. The second kappa shape index (κ2) is 5.68. The predicted octanol–water partition coefficient (Wildman–Crippen LogP) is 3.40. The summed E-state index contributed by atoms with van der Waals surface area (Å²) in [5.74, 6) is 0. The summed E-state index contributed by atoms with van der Waals surface area (Å²) in [5.41, 5.74) is 1.59. The second-order valence-electron chi connectivity index (χ2n) is 7.91. The Hall–Kier alpha value is -1.17. The van der Waals surface area contributed by atoms with E-state index >= 15 is 0 Å². The van der Waals surface area contributed by atoms with Crippen LogP contribution in [0.5, 0.6) is 0 Å². The first-order valence-corrected chi connectivity index (χ1v) is 10.4. The second-order valence-corrected chi connectivity index (χ2v) is 9.57. The molecule has 24 heavy (non-hydrogen) atoms. The highest BCUT2D eigenvalue weighted by molar-refractivity contribution is 7.89. The summed E-state index contributed by atoms with van der Waals surface area (Å²) in [6.45, 7) is 3.63. The molecule has 0 radical (unpaired) electrons. The third kappa shape index (κ3) is 2.54. The van der Waals surface area contributed by atoms with Crippen molar-refractivity contribution in [3.63, 3.8) is 0 Å². The van der Waals surface area contributed by atoms with Crippen molar-refractivity contribution in [3.8, 4) is 0 Å². The summed E-state index contributed by atoms with van der Waals surface area (Å²) in [7, 11) is -3.50. The number of hydrogen-bond donors (Lipinski definition) is 1. The molecule has 1 aromatic carbocycles. The Labute approximate surface area is 145 Å². The normalized spacial score (nSPS) is 33.2. The first kappa shape index (κ1) is 16.3. The Morgan fingerprint density at radius 3 is 2.04 bits per heavy atom. The Morgan fingerprint density at radius 1 is 0.958 bits per heavy atom. The molecule has 0 spiro atoms. The van der Waals surface area contributed by atoms with E-state index in [4.69, 9.17) is 0 Å². The van der Waals surface area contributed by atoms with Gasteiger partial charge in [0.15, 0.2) is 0 Å². The maximum Gasteiger partial charge on any atom is 0.253 e. The predicted molar refractivity (Wildman–Crippen MR) is 94.8 cm³/mol. The topological polar surface area (TPSA) is 49.4 Å². The fraction of sp³-hybridized carbons (Fsp3) is 0.579. The van der Waals surface area contributed by atoms with Gasteiger partial charge in [-0.3, -0.25) is 0 Å². The molecule has 130 valence electrons. The average Bonchev–Trinajstić information content (AvgIpc) is 2.88. The van der Waals surface area contributed by atoms with E-state index in [1.54, 1.807) is 12.1 Å². The Bertz CT molecular complexity index is 730. The number of sulfonamides is 1. The zero-order valence-electron chi connectivity index (χ0n) is 14.3. The molecule has 1 saturated carbocycles. The van der Waals surface area contributed by atoms with Crippen LogP contribution in [0.15, 0.2) is 41.3 Å². The number of allylic oxidation sites excluding steroid dienone is 2. The summed E-state index contributed by atoms with van der Waals surface area (Å²) in [4.78, 5) is 3.22. The summed E-state index contributed by atoms with van der Waals surface area (Å²) < 4.78 is 25.5. The molecule has 0 aromatic heterocycles. The third-order valence-electron chi connectivity index (χ3n) is 6.44. The fourth-order valence-corrected chi connectivity index (χ4v) is 6.19. The first-order chi connectivity index (χ1) is 11.4. The van der Waals surface area contributed by atoms with Crippen molar-refractivity contribution in [2.24, 2.45) is 10.8 Å². The van der Waals surface area contributed by atoms with E-state index in [-0.39, 0.29) is 10.8 Å². The van der Waals surface area contributed by atoms with Crippen LogP contribution >= 0.6 is 0 Å². The molecule has 2 fully saturated rings. The van der Waals surface area contributed by atoms with E-state index in [1.807, 2.05) is 24.1 Å². The van der Waals surface area contributed by atoms with Crippen LogP contribution < -0.4 is 4.83 Å². The van der Waals surface area contributed by atoms with Gasteiger partial charge in [0, 0.05) is 13.1 Å². The van der Waals surface area contributed by atoms with Gasteiger partial charge in [-0.2, -0.15) is 0 Å². The van der Waals surface area contributed by atoms with Crippen LogP contribution in [-0.2, 0) is 10.0 Å². The molecule has 1 N–H and O–H groups in total. The van der Waals surface area contributed by atoms with Crippen LogP contribution in [0.25, 0.3) is 0 Å². The largest absolute Gasteiger partial charge is 0.253 e. The molecule has 1 aromatic rings. The zero-order valence-corrected chi connectivity index (χ0v) is 15.1. The number of nitrogens with one attached hydrogen (secondary N) is 1. The van der Waals surface area contributed by atoms with Gasteiger partial charge in [-0.05, 0) is 55.6 Å². The van der Waals surface area contributed by atoms with Gasteiger partial charge in [0.25, 0.3) is 10.0 Å². The maximum atomic E-state index is 12.7. The van der Waals surface area contributed by atoms with E-state index in [1.165, 1.54) is 25.7 Å².